The van der Waals surface area contributed by atoms with Crippen molar-refractivity contribution in [3.63, 3.8) is 0 Å². The first-order valence-electron chi connectivity index (χ1n) is 7.22. The van der Waals surface area contributed by atoms with Crippen LogP contribution in [0.2, 0.25) is 0 Å². The zero-order valence-electron chi connectivity index (χ0n) is 12.5. The predicted molar refractivity (Wildman–Crippen MR) is 75.2 cm³/mol. The number of nitrogens with zero attached hydrogens (tertiary/aromatic N) is 3. The van der Waals surface area contributed by atoms with Gasteiger partial charge in [0, 0.05) is 7.05 Å². The zero-order valence-corrected chi connectivity index (χ0v) is 12.5. The largest absolute Gasteiger partial charge is 0.481 e. The smallest absolute Gasteiger partial charge is 0.217 e. The van der Waals surface area contributed by atoms with Gasteiger partial charge in [0.2, 0.25) is 5.88 Å². The van der Waals surface area contributed by atoms with Crippen LogP contribution in [0.3, 0.4) is 0 Å². The van der Waals surface area contributed by atoms with E-state index in [1.54, 1.807) is 18.8 Å². The summed E-state index contributed by atoms with van der Waals surface area (Å²) in [4.78, 5) is 0. The minimum atomic E-state index is -0.839. The van der Waals surface area contributed by atoms with E-state index in [2.05, 4.69) is 11.2 Å². The van der Waals surface area contributed by atoms with E-state index in [1.807, 2.05) is 6.92 Å². The fraction of sp³-hybridized carbons (Fsp3) is 0.733. The van der Waals surface area contributed by atoms with E-state index in [0.29, 0.717) is 11.4 Å². The summed E-state index contributed by atoms with van der Waals surface area (Å²) in [5, 5.41) is 24.9. The molecule has 5 heteroatoms. The van der Waals surface area contributed by atoms with Gasteiger partial charge in [-0.2, -0.15) is 10.4 Å². The predicted octanol–water partition coefficient (Wildman–Crippen LogP) is 2.63. The molecule has 1 aromatic rings. The van der Waals surface area contributed by atoms with Crippen LogP contribution in [0.1, 0.15) is 55.9 Å². The van der Waals surface area contributed by atoms with Crippen molar-refractivity contribution in [1.82, 2.24) is 9.78 Å². The first-order chi connectivity index (χ1) is 9.55. The fourth-order valence-electron chi connectivity index (χ4n) is 3.29. The summed E-state index contributed by atoms with van der Waals surface area (Å²) in [6, 6.07) is 2.40. The van der Waals surface area contributed by atoms with Crippen molar-refractivity contribution >= 4 is 0 Å². The number of hydrogen-bond acceptors (Lipinski definition) is 4. The lowest BCUT2D eigenvalue weighted by atomic mass is 9.74. The van der Waals surface area contributed by atoms with Crippen LogP contribution in [-0.2, 0) is 7.05 Å². The van der Waals surface area contributed by atoms with Crippen LogP contribution in [0, 0.1) is 23.7 Å². The maximum atomic E-state index is 10.9. The lowest BCUT2D eigenvalue weighted by molar-refractivity contribution is 0.0489. The molecular weight excluding hydrogens is 254 g/mol. The summed E-state index contributed by atoms with van der Waals surface area (Å²) in [6.07, 6.45) is 4.90. The van der Waals surface area contributed by atoms with Gasteiger partial charge >= 0.3 is 0 Å². The molecule has 110 valence electrons. The van der Waals surface area contributed by atoms with Crippen LogP contribution in [0.5, 0.6) is 5.88 Å². The van der Waals surface area contributed by atoms with Gasteiger partial charge in [0.05, 0.1) is 29.9 Å². The Kier molecular flexibility index (Phi) is 4.34. The molecule has 0 spiro atoms. The van der Waals surface area contributed by atoms with Gasteiger partial charge in [-0.25, -0.2) is 4.68 Å². The molecule has 5 nitrogen and oxygen atoms in total. The Hall–Kier alpha value is -1.54. The normalized spacial score (nSPS) is 19.9. The monoisotopic (exact) mass is 277 g/mol. The van der Waals surface area contributed by atoms with Gasteiger partial charge in [-0.1, -0.05) is 25.7 Å². The topological polar surface area (TPSA) is 71.1 Å². The van der Waals surface area contributed by atoms with Crippen molar-refractivity contribution in [3.8, 4) is 11.9 Å². The Morgan fingerprint density at radius 1 is 1.35 bits per heavy atom. The van der Waals surface area contributed by atoms with Crippen molar-refractivity contribution in [3.05, 3.63) is 11.3 Å². The maximum Gasteiger partial charge on any atom is 0.217 e. The Bertz CT molecular complexity index is 508. The molecule has 0 aromatic carbocycles. The molecular formula is C15H23N3O2. The van der Waals surface area contributed by atoms with Gasteiger partial charge in [0.1, 0.15) is 6.10 Å². The molecule has 0 amide bonds. The molecule has 1 fully saturated rings. The van der Waals surface area contributed by atoms with Crippen molar-refractivity contribution < 1.29 is 9.84 Å². The Morgan fingerprint density at radius 2 is 1.95 bits per heavy atom. The molecule has 1 saturated carbocycles. The average Bonchev–Trinajstić information content (AvgIpc) is 2.62. The minimum Gasteiger partial charge on any atom is -0.481 e. The first kappa shape index (κ1) is 14.9. The molecule has 0 radical (unpaired) electrons. The summed E-state index contributed by atoms with van der Waals surface area (Å²) in [6.45, 7) is 1.85. The van der Waals surface area contributed by atoms with E-state index in [-0.39, 0.29) is 0 Å². The number of nitriles is 1. The number of aliphatic hydroxyl groups is 1. The number of aromatic nitrogens is 2. The Morgan fingerprint density at radius 3 is 2.45 bits per heavy atom. The van der Waals surface area contributed by atoms with Gasteiger partial charge in [-0.05, 0) is 19.8 Å². The number of aryl methyl sites for hydroxylation is 2. The summed E-state index contributed by atoms with van der Waals surface area (Å²) in [5.74, 6) is 0.550. The van der Waals surface area contributed by atoms with Gasteiger partial charge in [-0.3, -0.25) is 0 Å². The molecule has 0 saturated heterocycles. The number of ether oxygens (including phenoxy) is 1. The van der Waals surface area contributed by atoms with Crippen LogP contribution >= 0.6 is 0 Å². The lowest BCUT2D eigenvalue weighted by Gasteiger charge is -2.30. The zero-order chi connectivity index (χ0) is 14.8. The second-order valence-corrected chi connectivity index (χ2v) is 5.72. The third kappa shape index (κ3) is 2.40. The molecule has 20 heavy (non-hydrogen) atoms. The number of rotatable bonds is 3. The number of hydrogen-bond donors (Lipinski definition) is 1. The average molecular weight is 277 g/mol. The highest BCUT2D eigenvalue weighted by atomic mass is 16.5. The first-order valence-corrected chi connectivity index (χ1v) is 7.22. The van der Waals surface area contributed by atoms with Gasteiger partial charge in [0.15, 0.2) is 0 Å². The number of aliphatic hydroxyl groups excluding tert-OH is 1. The highest BCUT2D eigenvalue weighted by molar-refractivity contribution is 5.36. The van der Waals surface area contributed by atoms with E-state index in [9.17, 15) is 10.4 Å². The van der Waals surface area contributed by atoms with Crippen molar-refractivity contribution in [2.45, 2.75) is 51.6 Å². The minimum absolute atomic E-state index is 0.550. The van der Waals surface area contributed by atoms with E-state index < -0.39 is 11.5 Å². The second-order valence-electron chi connectivity index (χ2n) is 5.72. The Labute approximate surface area is 120 Å². The highest BCUT2D eigenvalue weighted by Crippen LogP contribution is 2.47. The van der Waals surface area contributed by atoms with Crippen molar-refractivity contribution in [1.29, 1.82) is 5.26 Å². The van der Waals surface area contributed by atoms with Crippen LogP contribution in [0.25, 0.3) is 0 Å². The lowest BCUT2D eigenvalue weighted by Crippen LogP contribution is -2.27. The van der Waals surface area contributed by atoms with Crippen LogP contribution < -0.4 is 4.74 Å². The van der Waals surface area contributed by atoms with Crippen LogP contribution in [0.15, 0.2) is 0 Å². The molecule has 0 bridgehead atoms. The SMILES string of the molecule is COc1c(C(O)C2(C#N)CCCCCC2)c(C)nn1C. The van der Waals surface area contributed by atoms with Crippen molar-refractivity contribution in [2.75, 3.05) is 7.11 Å². The van der Waals surface area contributed by atoms with E-state index in [1.165, 1.54) is 0 Å². The van der Waals surface area contributed by atoms with Gasteiger partial charge in [-0.15, -0.1) is 0 Å². The molecule has 1 aromatic heterocycles. The second kappa shape index (κ2) is 5.84. The fourth-order valence-corrected chi connectivity index (χ4v) is 3.29. The molecule has 1 aliphatic rings. The van der Waals surface area contributed by atoms with E-state index >= 15 is 0 Å². The van der Waals surface area contributed by atoms with Crippen molar-refractivity contribution in [2.24, 2.45) is 12.5 Å². The summed E-state index contributed by atoms with van der Waals surface area (Å²) >= 11 is 0. The molecule has 0 aliphatic heterocycles. The third-order valence-corrected chi connectivity index (χ3v) is 4.42. The van der Waals surface area contributed by atoms with E-state index in [4.69, 9.17) is 4.74 Å². The number of methoxy groups -OCH3 is 1. The van der Waals surface area contributed by atoms with Crippen LogP contribution in [0.4, 0.5) is 0 Å². The molecule has 1 atom stereocenters. The summed E-state index contributed by atoms with van der Waals surface area (Å²) in [5.41, 5.74) is 0.687. The van der Waals surface area contributed by atoms with E-state index in [0.717, 1.165) is 44.2 Å². The third-order valence-electron chi connectivity index (χ3n) is 4.42. The van der Waals surface area contributed by atoms with Gasteiger partial charge < -0.3 is 9.84 Å². The standard InChI is InChI=1S/C15H23N3O2/c1-11-12(14(20-3)18(2)17-11)13(19)15(10-16)8-6-4-5-7-9-15/h13,19H,4-9H2,1-3H3. The van der Waals surface area contributed by atoms with Gasteiger partial charge in [0.25, 0.3) is 0 Å². The molecule has 1 heterocycles. The molecule has 1 N–H and O–H groups in total. The molecule has 1 aliphatic carbocycles. The quantitative estimate of drug-likeness (QED) is 0.862. The highest BCUT2D eigenvalue weighted by Gasteiger charge is 2.42. The Balaban J connectivity index is 2.43. The summed E-state index contributed by atoms with van der Waals surface area (Å²) in [7, 11) is 3.35. The molecule has 2 rings (SSSR count). The summed E-state index contributed by atoms with van der Waals surface area (Å²) < 4.78 is 6.98. The molecule has 1 unspecified atom stereocenters. The maximum absolute atomic E-state index is 10.9. The van der Waals surface area contributed by atoms with Crippen LogP contribution in [-0.4, -0.2) is 22.0 Å².